The van der Waals surface area contributed by atoms with Crippen molar-refractivity contribution < 1.29 is 23.8 Å². The second-order valence-corrected chi connectivity index (χ2v) is 7.92. The predicted molar refractivity (Wildman–Crippen MR) is 111 cm³/mol. The van der Waals surface area contributed by atoms with E-state index in [2.05, 4.69) is 5.32 Å². The largest absolute Gasteiger partial charge is 0.458 e. The van der Waals surface area contributed by atoms with Gasteiger partial charge in [-0.25, -0.2) is 4.79 Å². The van der Waals surface area contributed by atoms with Gasteiger partial charge in [-0.3, -0.25) is 0 Å². The van der Waals surface area contributed by atoms with Crippen molar-refractivity contribution in [2.24, 2.45) is 0 Å². The van der Waals surface area contributed by atoms with Gasteiger partial charge < -0.3 is 24.3 Å². The van der Waals surface area contributed by atoms with Crippen LogP contribution in [0, 0.1) is 0 Å². The van der Waals surface area contributed by atoms with Crippen LogP contribution in [0.4, 0.5) is 4.79 Å². The van der Waals surface area contributed by atoms with Crippen molar-refractivity contribution in [2.75, 3.05) is 7.11 Å². The van der Waals surface area contributed by atoms with E-state index in [4.69, 9.17) is 13.9 Å². The first-order chi connectivity index (χ1) is 13.8. The third-order valence-electron chi connectivity index (χ3n) is 4.27. The number of furan rings is 1. The molecule has 2 aromatic carbocycles. The van der Waals surface area contributed by atoms with E-state index < -0.39 is 11.7 Å². The maximum Gasteiger partial charge on any atom is 0.407 e. The standard InChI is InChI=1S/C23H27NO5/c1-23(2,3)29-22(26)24-12-15-6-5-7-17(8-15)20-10-16(13-25)9-18-11-19(14-27-4)28-21(18)20/h5-11,25H,12-14H2,1-4H3,(H,24,26). The summed E-state index contributed by atoms with van der Waals surface area (Å²) in [5.41, 5.74) is 3.75. The lowest BCUT2D eigenvalue weighted by Crippen LogP contribution is -2.32. The minimum atomic E-state index is -0.540. The Morgan fingerprint density at radius 3 is 2.62 bits per heavy atom. The zero-order valence-electron chi connectivity index (χ0n) is 17.2. The van der Waals surface area contributed by atoms with Gasteiger partial charge in [-0.1, -0.05) is 18.2 Å². The van der Waals surface area contributed by atoms with Crippen LogP contribution < -0.4 is 5.32 Å². The van der Waals surface area contributed by atoms with Crippen molar-refractivity contribution in [1.29, 1.82) is 0 Å². The van der Waals surface area contributed by atoms with E-state index in [-0.39, 0.29) is 6.61 Å². The number of nitrogens with one attached hydrogen (secondary N) is 1. The molecule has 0 fully saturated rings. The van der Waals surface area contributed by atoms with E-state index in [1.54, 1.807) is 7.11 Å². The molecule has 6 heteroatoms. The number of alkyl carbamates (subject to hydrolysis) is 1. The number of hydrogen-bond acceptors (Lipinski definition) is 5. The molecule has 0 spiro atoms. The van der Waals surface area contributed by atoms with Gasteiger partial charge in [-0.15, -0.1) is 0 Å². The third kappa shape index (κ3) is 5.37. The molecule has 0 atom stereocenters. The maximum atomic E-state index is 11.9. The van der Waals surface area contributed by atoms with Crippen LogP contribution in [-0.4, -0.2) is 23.9 Å². The molecular formula is C23H27NO5. The van der Waals surface area contributed by atoms with Gasteiger partial charge in [0.05, 0.1) is 6.61 Å². The Bertz CT molecular complexity index is 1000. The van der Waals surface area contributed by atoms with Crippen LogP contribution in [0.2, 0.25) is 0 Å². The highest BCUT2D eigenvalue weighted by atomic mass is 16.6. The predicted octanol–water partition coefficient (Wildman–Crippen LogP) is 4.76. The number of hydrogen-bond donors (Lipinski definition) is 2. The summed E-state index contributed by atoms with van der Waals surface area (Å²) in [6.45, 7) is 6.14. The molecule has 0 saturated carbocycles. The Morgan fingerprint density at radius 1 is 1.14 bits per heavy atom. The fraction of sp³-hybridized carbons (Fsp3) is 0.348. The molecule has 0 radical (unpaired) electrons. The summed E-state index contributed by atoms with van der Waals surface area (Å²) in [5.74, 6) is 0.724. The first-order valence-corrected chi connectivity index (χ1v) is 9.50. The fourth-order valence-electron chi connectivity index (χ4n) is 3.12. The number of fused-ring (bicyclic) bond motifs is 1. The van der Waals surface area contributed by atoms with Crippen molar-refractivity contribution in [3.63, 3.8) is 0 Å². The van der Waals surface area contributed by atoms with Gasteiger partial charge in [0.25, 0.3) is 0 Å². The van der Waals surface area contributed by atoms with Gasteiger partial charge >= 0.3 is 6.09 Å². The van der Waals surface area contributed by atoms with E-state index in [0.29, 0.717) is 13.2 Å². The Morgan fingerprint density at radius 2 is 1.93 bits per heavy atom. The first-order valence-electron chi connectivity index (χ1n) is 9.50. The number of ether oxygens (including phenoxy) is 2. The molecule has 3 rings (SSSR count). The van der Waals surface area contributed by atoms with Crippen molar-refractivity contribution in [3.05, 3.63) is 59.4 Å². The van der Waals surface area contributed by atoms with Crippen LogP contribution >= 0.6 is 0 Å². The molecule has 29 heavy (non-hydrogen) atoms. The fourth-order valence-corrected chi connectivity index (χ4v) is 3.12. The summed E-state index contributed by atoms with van der Waals surface area (Å²) in [6, 6.07) is 13.6. The smallest absolute Gasteiger partial charge is 0.407 e. The quantitative estimate of drug-likeness (QED) is 0.627. The van der Waals surface area contributed by atoms with E-state index in [9.17, 15) is 9.90 Å². The molecule has 154 valence electrons. The number of amides is 1. The highest BCUT2D eigenvalue weighted by molar-refractivity contribution is 5.93. The minimum Gasteiger partial charge on any atom is -0.458 e. The van der Waals surface area contributed by atoms with E-state index in [1.165, 1.54) is 0 Å². The Labute approximate surface area is 170 Å². The van der Waals surface area contributed by atoms with Crippen LogP contribution in [0.15, 0.2) is 46.9 Å². The average Bonchev–Trinajstić information content (AvgIpc) is 3.07. The summed E-state index contributed by atoms with van der Waals surface area (Å²) in [7, 11) is 1.62. The van der Waals surface area contributed by atoms with Crippen molar-refractivity contribution >= 4 is 17.1 Å². The highest BCUT2D eigenvalue weighted by Crippen LogP contribution is 2.33. The maximum absolute atomic E-state index is 11.9. The number of rotatable bonds is 6. The molecule has 6 nitrogen and oxygen atoms in total. The van der Waals surface area contributed by atoms with Gasteiger partial charge in [-0.05, 0) is 61.7 Å². The topological polar surface area (TPSA) is 80.9 Å². The van der Waals surface area contributed by atoms with Gasteiger partial charge in [-0.2, -0.15) is 0 Å². The minimum absolute atomic E-state index is 0.0619. The van der Waals surface area contributed by atoms with Crippen LogP contribution in [0.1, 0.15) is 37.7 Å². The Kier molecular flexibility index (Phi) is 6.25. The molecule has 2 N–H and O–H groups in total. The normalized spacial score (nSPS) is 11.6. The zero-order valence-corrected chi connectivity index (χ0v) is 17.2. The number of carbonyl (C=O) groups is 1. The molecule has 0 aliphatic heterocycles. The monoisotopic (exact) mass is 397 g/mol. The third-order valence-corrected chi connectivity index (χ3v) is 4.27. The molecule has 0 unspecified atom stereocenters. The Hall–Kier alpha value is -2.83. The molecule has 0 aliphatic carbocycles. The molecule has 0 bridgehead atoms. The van der Waals surface area contributed by atoms with Gasteiger partial charge in [0.15, 0.2) is 0 Å². The lowest BCUT2D eigenvalue weighted by molar-refractivity contribution is 0.0523. The Balaban J connectivity index is 1.89. The van der Waals surface area contributed by atoms with Gasteiger partial charge in [0.2, 0.25) is 0 Å². The molecule has 0 aliphatic rings. The second-order valence-electron chi connectivity index (χ2n) is 7.92. The van der Waals surface area contributed by atoms with Crippen molar-refractivity contribution in [3.8, 4) is 11.1 Å². The molecule has 1 heterocycles. The van der Waals surface area contributed by atoms with Crippen LogP contribution in [-0.2, 0) is 29.2 Å². The first kappa shape index (κ1) is 20.9. The summed E-state index contributed by atoms with van der Waals surface area (Å²) >= 11 is 0. The van der Waals surface area contributed by atoms with Gasteiger partial charge in [0, 0.05) is 24.6 Å². The number of carbonyl (C=O) groups excluding carboxylic acids is 1. The lowest BCUT2D eigenvalue weighted by atomic mass is 9.99. The lowest BCUT2D eigenvalue weighted by Gasteiger charge is -2.19. The van der Waals surface area contributed by atoms with Crippen LogP contribution in [0.25, 0.3) is 22.1 Å². The summed E-state index contributed by atoms with van der Waals surface area (Å²) in [6.07, 6.45) is -0.456. The van der Waals surface area contributed by atoms with E-state index >= 15 is 0 Å². The van der Waals surface area contributed by atoms with E-state index in [1.807, 2.05) is 63.2 Å². The number of benzene rings is 2. The number of methoxy groups -OCH3 is 1. The molecular weight excluding hydrogens is 370 g/mol. The highest BCUT2D eigenvalue weighted by Gasteiger charge is 2.16. The molecule has 3 aromatic rings. The average molecular weight is 397 g/mol. The van der Waals surface area contributed by atoms with Crippen molar-refractivity contribution in [2.45, 2.75) is 46.1 Å². The molecule has 1 amide bonds. The van der Waals surface area contributed by atoms with Crippen LogP contribution in [0.3, 0.4) is 0 Å². The summed E-state index contributed by atoms with van der Waals surface area (Å²) in [4.78, 5) is 11.9. The zero-order chi connectivity index (χ0) is 21.0. The van der Waals surface area contributed by atoms with E-state index in [0.717, 1.165) is 39.0 Å². The van der Waals surface area contributed by atoms with Gasteiger partial charge in [0.1, 0.15) is 23.6 Å². The number of aliphatic hydroxyl groups excluding tert-OH is 1. The van der Waals surface area contributed by atoms with Crippen molar-refractivity contribution in [1.82, 2.24) is 5.32 Å². The molecule has 1 aromatic heterocycles. The second kappa shape index (κ2) is 8.68. The van der Waals surface area contributed by atoms with Crippen LogP contribution in [0.5, 0.6) is 0 Å². The summed E-state index contributed by atoms with van der Waals surface area (Å²) in [5, 5.41) is 13.3. The SMILES string of the molecule is COCc1cc2cc(CO)cc(-c3cccc(CNC(=O)OC(C)(C)C)c3)c2o1. The number of aliphatic hydroxyl groups is 1. The molecule has 0 saturated heterocycles. The summed E-state index contributed by atoms with van der Waals surface area (Å²) < 4.78 is 16.4.